The van der Waals surface area contributed by atoms with Crippen LogP contribution in [0.1, 0.15) is 31.2 Å². The van der Waals surface area contributed by atoms with E-state index in [2.05, 4.69) is 16.6 Å². The first kappa shape index (κ1) is 15.4. The molecule has 0 heterocycles. The molecule has 1 aromatic rings. The van der Waals surface area contributed by atoms with Gasteiger partial charge in [0.1, 0.15) is 12.4 Å². The van der Waals surface area contributed by atoms with Crippen molar-refractivity contribution >= 4 is 5.91 Å². The second-order valence-corrected chi connectivity index (χ2v) is 5.22. The second-order valence-electron chi connectivity index (χ2n) is 5.22. The number of terminal acetylenes is 1. The smallest absolute Gasteiger partial charge is 0.220 e. The fourth-order valence-corrected chi connectivity index (χ4v) is 2.03. The second kappa shape index (κ2) is 8.33. The van der Waals surface area contributed by atoms with E-state index in [9.17, 15) is 4.79 Å². The molecule has 1 amide bonds. The number of nitrogens with one attached hydrogen (secondary N) is 2. The van der Waals surface area contributed by atoms with Crippen molar-refractivity contribution < 1.29 is 9.53 Å². The summed E-state index contributed by atoms with van der Waals surface area (Å²) in [5, 5.41) is 6.32. The number of carbonyl (C=O) groups is 1. The number of hydrogen-bond donors (Lipinski definition) is 2. The lowest BCUT2D eigenvalue weighted by Gasteiger charge is -2.10. The third kappa shape index (κ3) is 5.88. The normalized spacial score (nSPS) is 13.5. The summed E-state index contributed by atoms with van der Waals surface area (Å²) in [5.74, 6) is 3.44. The van der Waals surface area contributed by atoms with E-state index < -0.39 is 0 Å². The zero-order valence-corrected chi connectivity index (χ0v) is 12.2. The molecule has 4 nitrogen and oxygen atoms in total. The molecular formula is C17H22N2O2. The SMILES string of the molecule is C#CCOc1ccccc1CNCCCC(=O)NC1CC1. The summed E-state index contributed by atoms with van der Waals surface area (Å²) in [4.78, 5) is 11.5. The minimum Gasteiger partial charge on any atom is -0.481 e. The predicted octanol–water partition coefficient (Wildman–Crippen LogP) is 1.85. The molecule has 0 spiro atoms. The van der Waals surface area contributed by atoms with Crippen LogP contribution in [0.2, 0.25) is 0 Å². The molecule has 1 aliphatic carbocycles. The maximum Gasteiger partial charge on any atom is 0.220 e. The van der Waals surface area contributed by atoms with Crippen molar-refractivity contribution in [1.29, 1.82) is 0 Å². The van der Waals surface area contributed by atoms with E-state index in [4.69, 9.17) is 11.2 Å². The Balaban J connectivity index is 1.63. The number of rotatable bonds is 9. The number of amides is 1. The Labute approximate surface area is 126 Å². The number of carbonyl (C=O) groups excluding carboxylic acids is 1. The van der Waals surface area contributed by atoms with Crippen LogP contribution in [0, 0.1) is 12.3 Å². The summed E-state index contributed by atoms with van der Waals surface area (Å²) >= 11 is 0. The van der Waals surface area contributed by atoms with Gasteiger partial charge in [-0.1, -0.05) is 24.1 Å². The van der Waals surface area contributed by atoms with E-state index in [0.29, 0.717) is 19.0 Å². The molecule has 0 bridgehead atoms. The lowest BCUT2D eigenvalue weighted by Crippen LogP contribution is -2.26. The highest BCUT2D eigenvalue weighted by Crippen LogP contribution is 2.19. The van der Waals surface area contributed by atoms with E-state index in [0.717, 1.165) is 37.1 Å². The Morgan fingerprint density at radius 2 is 2.19 bits per heavy atom. The van der Waals surface area contributed by atoms with E-state index in [1.54, 1.807) is 0 Å². The Hall–Kier alpha value is -1.99. The molecule has 0 unspecified atom stereocenters. The summed E-state index contributed by atoms with van der Waals surface area (Å²) in [7, 11) is 0. The molecule has 2 N–H and O–H groups in total. The lowest BCUT2D eigenvalue weighted by atomic mass is 10.2. The zero-order valence-electron chi connectivity index (χ0n) is 12.2. The van der Waals surface area contributed by atoms with Crippen LogP contribution in [-0.2, 0) is 11.3 Å². The Morgan fingerprint density at radius 3 is 2.95 bits per heavy atom. The molecule has 2 rings (SSSR count). The van der Waals surface area contributed by atoms with Gasteiger partial charge in [0.2, 0.25) is 5.91 Å². The fourth-order valence-electron chi connectivity index (χ4n) is 2.03. The van der Waals surface area contributed by atoms with Crippen LogP contribution in [0.25, 0.3) is 0 Å². The van der Waals surface area contributed by atoms with Crippen molar-refractivity contribution in [2.75, 3.05) is 13.2 Å². The number of benzene rings is 1. The van der Waals surface area contributed by atoms with Gasteiger partial charge in [0, 0.05) is 24.6 Å². The van der Waals surface area contributed by atoms with Gasteiger partial charge in [0.25, 0.3) is 0 Å². The van der Waals surface area contributed by atoms with Gasteiger partial charge in [0.05, 0.1) is 0 Å². The summed E-state index contributed by atoms with van der Waals surface area (Å²) < 4.78 is 5.49. The molecule has 112 valence electrons. The third-order valence-electron chi connectivity index (χ3n) is 3.30. The molecule has 1 saturated carbocycles. The van der Waals surface area contributed by atoms with Crippen LogP contribution in [0.3, 0.4) is 0 Å². The van der Waals surface area contributed by atoms with Crippen LogP contribution >= 0.6 is 0 Å². The first-order chi connectivity index (χ1) is 10.3. The molecule has 0 saturated heterocycles. The Bertz CT molecular complexity index is 504. The maximum atomic E-state index is 11.5. The molecular weight excluding hydrogens is 264 g/mol. The van der Waals surface area contributed by atoms with Crippen molar-refractivity contribution in [2.24, 2.45) is 0 Å². The number of ether oxygens (including phenoxy) is 1. The van der Waals surface area contributed by atoms with Gasteiger partial charge >= 0.3 is 0 Å². The highest BCUT2D eigenvalue weighted by molar-refractivity contribution is 5.76. The summed E-state index contributed by atoms with van der Waals surface area (Å²) in [5.41, 5.74) is 1.08. The Morgan fingerprint density at radius 1 is 1.38 bits per heavy atom. The zero-order chi connectivity index (χ0) is 14.9. The first-order valence-electron chi connectivity index (χ1n) is 7.44. The summed E-state index contributed by atoms with van der Waals surface area (Å²) in [6.07, 6.45) is 8.90. The van der Waals surface area contributed by atoms with Crippen LogP contribution in [0.5, 0.6) is 5.75 Å². The monoisotopic (exact) mass is 286 g/mol. The lowest BCUT2D eigenvalue weighted by molar-refractivity contribution is -0.121. The Kier molecular flexibility index (Phi) is 6.11. The van der Waals surface area contributed by atoms with Gasteiger partial charge in [-0.3, -0.25) is 4.79 Å². The van der Waals surface area contributed by atoms with Gasteiger partial charge < -0.3 is 15.4 Å². The van der Waals surface area contributed by atoms with E-state index in [1.807, 2.05) is 24.3 Å². The topological polar surface area (TPSA) is 50.4 Å². The number of para-hydroxylation sites is 1. The average molecular weight is 286 g/mol. The van der Waals surface area contributed by atoms with Crippen molar-refractivity contribution in [2.45, 2.75) is 38.3 Å². The standard InChI is InChI=1S/C17H22N2O2/c1-2-12-21-16-7-4-3-6-14(16)13-18-11-5-8-17(20)19-15-9-10-15/h1,3-4,6-7,15,18H,5,8-13H2,(H,19,20). The summed E-state index contributed by atoms with van der Waals surface area (Å²) in [6.45, 7) is 1.80. The van der Waals surface area contributed by atoms with Gasteiger partial charge in [-0.2, -0.15) is 0 Å². The minimum absolute atomic E-state index is 0.164. The molecule has 1 aliphatic rings. The predicted molar refractivity (Wildman–Crippen MR) is 82.9 cm³/mol. The molecule has 1 aromatic carbocycles. The molecule has 4 heteroatoms. The van der Waals surface area contributed by atoms with E-state index in [-0.39, 0.29) is 12.5 Å². The molecule has 0 aliphatic heterocycles. The quantitative estimate of drug-likeness (QED) is 0.538. The molecule has 0 aromatic heterocycles. The van der Waals surface area contributed by atoms with Crippen molar-refractivity contribution in [1.82, 2.24) is 10.6 Å². The van der Waals surface area contributed by atoms with Crippen LogP contribution in [-0.4, -0.2) is 25.1 Å². The van der Waals surface area contributed by atoms with Crippen molar-refractivity contribution in [3.05, 3.63) is 29.8 Å². The molecule has 1 fully saturated rings. The molecule has 0 atom stereocenters. The van der Waals surface area contributed by atoms with Gasteiger partial charge in [0.15, 0.2) is 0 Å². The maximum absolute atomic E-state index is 11.5. The third-order valence-corrected chi connectivity index (χ3v) is 3.30. The van der Waals surface area contributed by atoms with Gasteiger partial charge in [-0.15, -0.1) is 6.42 Å². The van der Waals surface area contributed by atoms with E-state index in [1.165, 1.54) is 0 Å². The van der Waals surface area contributed by atoms with Crippen LogP contribution in [0.15, 0.2) is 24.3 Å². The van der Waals surface area contributed by atoms with Crippen LogP contribution < -0.4 is 15.4 Å². The van der Waals surface area contributed by atoms with E-state index >= 15 is 0 Å². The highest BCUT2D eigenvalue weighted by atomic mass is 16.5. The van der Waals surface area contributed by atoms with Gasteiger partial charge in [-0.25, -0.2) is 0 Å². The molecule has 0 radical (unpaired) electrons. The van der Waals surface area contributed by atoms with Crippen molar-refractivity contribution in [3.63, 3.8) is 0 Å². The number of hydrogen-bond acceptors (Lipinski definition) is 3. The molecule has 21 heavy (non-hydrogen) atoms. The first-order valence-corrected chi connectivity index (χ1v) is 7.44. The average Bonchev–Trinajstić information content (AvgIpc) is 3.29. The summed E-state index contributed by atoms with van der Waals surface area (Å²) in [6, 6.07) is 8.28. The van der Waals surface area contributed by atoms with Crippen molar-refractivity contribution in [3.8, 4) is 18.1 Å². The highest BCUT2D eigenvalue weighted by Gasteiger charge is 2.22. The largest absolute Gasteiger partial charge is 0.481 e. The van der Waals surface area contributed by atoms with Crippen LogP contribution in [0.4, 0.5) is 0 Å². The minimum atomic E-state index is 0.164. The van der Waals surface area contributed by atoms with Gasteiger partial charge in [-0.05, 0) is 31.9 Å². The fraction of sp³-hybridized carbons (Fsp3) is 0.471.